The number of benzene rings is 1. The first-order valence-corrected chi connectivity index (χ1v) is 9.11. The Morgan fingerprint density at radius 1 is 1.35 bits per heavy atom. The molecule has 138 valence electrons. The number of halogens is 2. The van der Waals surface area contributed by atoms with E-state index >= 15 is 0 Å². The van der Waals surface area contributed by atoms with Gasteiger partial charge in [0, 0.05) is 29.0 Å². The van der Waals surface area contributed by atoms with E-state index in [9.17, 15) is 9.59 Å². The zero-order chi connectivity index (χ0) is 19.0. The standard InChI is InChI=1S/C18H17BrClNO5/c1-24-16-9(6-8(20)7-10(16)19)13-14-11(22)4-3-5-12(14)26-17(21)15(13)18(23)25-2/h6-7,13H,3-5,21H2,1-2H3/t13-/m1/s1. The molecule has 0 radical (unpaired) electrons. The number of nitrogens with two attached hydrogens (primary N) is 1. The number of carbonyl (C=O) groups is 2. The molecule has 1 aromatic rings. The maximum atomic E-state index is 12.7. The molecule has 0 saturated heterocycles. The predicted molar refractivity (Wildman–Crippen MR) is 98.6 cm³/mol. The molecular formula is C18H17BrClNO5. The van der Waals surface area contributed by atoms with Gasteiger partial charge in [0.05, 0.1) is 24.6 Å². The SMILES string of the molecule is COC(=O)C1=C(N)OC2=C(C(=O)CCC2)[C@H]1c1cc(Cl)cc(Br)c1OC. The Kier molecular flexibility index (Phi) is 5.29. The first-order valence-electron chi connectivity index (χ1n) is 7.94. The van der Waals surface area contributed by atoms with Crippen molar-refractivity contribution in [3.8, 4) is 5.75 Å². The predicted octanol–water partition coefficient (Wildman–Crippen LogP) is 3.58. The van der Waals surface area contributed by atoms with Gasteiger partial charge in [-0.05, 0) is 34.5 Å². The third-order valence-electron chi connectivity index (χ3n) is 4.44. The lowest BCUT2D eigenvalue weighted by Crippen LogP contribution is -2.31. The molecular weight excluding hydrogens is 426 g/mol. The van der Waals surface area contributed by atoms with E-state index < -0.39 is 11.9 Å². The van der Waals surface area contributed by atoms with Crippen molar-refractivity contribution in [2.75, 3.05) is 14.2 Å². The Hall–Kier alpha value is -1.99. The number of hydrogen-bond acceptors (Lipinski definition) is 6. The van der Waals surface area contributed by atoms with E-state index in [2.05, 4.69) is 15.9 Å². The van der Waals surface area contributed by atoms with Crippen molar-refractivity contribution in [2.24, 2.45) is 5.73 Å². The second-order valence-corrected chi connectivity index (χ2v) is 7.22. The van der Waals surface area contributed by atoms with Crippen LogP contribution in [0.2, 0.25) is 5.02 Å². The van der Waals surface area contributed by atoms with Crippen LogP contribution >= 0.6 is 27.5 Å². The molecule has 0 amide bonds. The molecule has 1 aliphatic carbocycles. The molecule has 0 unspecified atom stereocenters. The Morgan fingerprint density at radius 2 is 2.08 bits per heavy atom. The number of ether oxygens (including phenoxy) is 3. The summed E-state index contributed by atoms with van der Waals surface area (Å²) in [6.45, 7) is 0. The molecule has 0 fully saturated rings. The van der Waals surface area contributed by atoms with Crippen LogP contribution in [-0.4, -0.2) is 26.0 Å². The fourth-order valence-corrected chi connectivity index (χ4v) is 4.38. The summed E-state index contributed by atoms with van der Waals surface area (Å²) < 4.78 is 16.6. The number of Topliss-reactive ketones (excluding diaryl/α,β-unsaturated/α-hetero) is 1. The fraction of sp³-hybridized carbons (Fsp3) is 0.333. The molecule has 3 rings (SSSR count). The van der Waals surface area contributed by atoms with Crippen molar-refractivity contribution in [3.63, 3.8) is 0 Å². The number of allylic oxidation sites excluding steroid dienone is 2. The maximum Gasteiger partial charge on any atom is 0.340 e. The number of esters is 1. The van der Waals surface area contributed by atoms with Gasteiger partial charge >= 0.3 is 5.97 Å². The lowest BCUT2D eigenvalue weighted by molar-refractivity contribution is -0.136. The van der Waals surface area contributed by atoms with Crippen molar-refractivity contribution in [3.05, 3.63) is 50.0 Å². The van der Waals surface area contributed by atoms with Gasteiger partial charge in [0.15, 0.2) is 5.78 Å². The minimum absolute atomic E-state index is 0.0639. The molecule has 26 heavy (non-hydrogen) atoms. The highest BCUT2D eigenvalue weighted by atomic mass is 79.9. The molecule has 1 atom stereocenters. The highest BCUT2D eigenvalue weighted by molar-refractivity contribution is 9.10. The largest absolute Gasteiger partial charge is 0.495 e. The van der Waals surface area contributed by atoms with Crippen molar-refractivity contribution in [1.82, 2.24) is 0 Å². The topological polar surface area (TPSA) is 87.9 Å². The minimum Gasteiger partial charge on any atom is -0.495 e. The van der Waals surface area contributed by atoms with Crippen LogP contribution in [0.1, 0.15) is 30.7 Å². The van der Waals surface area contributed by atoms with E-state index in [0.717, 1.165) is 0 Å². The molecule has 0 saturated carbocycles. The molecule has 2 aliphatic rings. The number of hydrogen-bond donors (Lipinski definition) is 1. The van der Waals surface area contributed by atoms with Crippen LogP contribution in [-0.2, 0) is 19.1 Å². The van der Waals surface area contributed by atoms with Gasteiger partial charge in [-0.1, -0.05) is 11.6 Å². The van der Waals surface area contributed by atoms with E-state index in [1.807, 2.05) is 0 Å². The maximum absolute atomic E-state index is 12.7. The summed E-state index contributed by atoms with van der Waals surface area (Å²) in [5.41, 5.74) is 7.04. The lowest BCUT2D eigenvalue weighted by atomic mass is 9.77. The normalized spacial score (nSPS) is 19.8. The Labute approximate surface area is 164 Å². The molecule has 1 aliphatic heterocycles. The number of methoxy groups -OCH3 is 2. The van der Waals surface area contributed by atoms with Gasteiger partial charge < -0.3 is 19.9 Å². The Morgan fingerprint density at radius 3 is 2.73 bits per heavy atom. The summed E-state index contributed by atoms with van der Waals surface area (Å²) in [5.74, 6) is -0.674. The average Bonchev–Trinajstić information content (AvgIpc) is 2.59. The van der Waals surface area contributed by atoms with E-state index in [4.69, 9.17) is 31.5 Å². The van der Waals surface area contributed by atoms with E-state index in [1.54, 1.807) is 12.1 Å². The van der Waals surface area contributed by atoms with Crippen LogP contribution in [0.4, 0.5) is 0 Å². The van der Waals surface area contributed by atoms with Crippen LogP contribution in [0.15, 0.2) is 39.4 Å². The van der Waals surface area contributed by atoms with Crippen molar-refractivity contribution in [2.45, 2.75) is 25.2 Å². The van der Waals surface area contributed by atoms with Crippen molar-refractivity contribution >= 4 is 39.3 Å². The van der Waals surface area contributed by atoms with Crippen LogP contribution < -0.4 is 10.5 Å². The molecule has 0 bridgehead atoms. The van der Waals surface area contributed by atoms with Crippen LogP contribution in [0, 0.1) is 0 Å². The van der Waals surface area contributed by atoms with E-state index in [1.165, 1.54) is 14.2 Å². The quantitative estimate of drug-likeness (QED) is 0.720. The van der Waals surface area contributed by atoms with Gasteiger partial charge in [-0.15, -0.1) is 0 Å². The summed E-state index contributed by atoms with van der Waals surface area (Å²) in [7, 11) is 2.75. The van der Waals surface area contributed by atoms with Crippen molar-refractivity contribution in [1.29, 1.82) is 0 Å². The molecule has 1 aromatic carbocycles. The van der Waals surface area contributed by atoms with Gasteiger partial charge in [-0.3, -0.25) is 4.79 Å². The zero-order valence-electron chi connectivity index (χ0n) is 14.2. The summed E-state index contributed by atoms with van der Waals surface area (Å²) in [5, 5.41) is 0.423. The van der Waals surface area contributed by atoms with E-state index in [0.29, 0.717) is 51.4 Å². The van der Waals surface area contributed by atoms with Crippen LogP contribution in [0.5, 0.6) is 5.75 Å². The number of ketones is 1. The molecule has 8 heteroatoms. The summed E-state index contributed by atoms with van der Waals surface area (Å²) >= 11 is 9.64. The van der Waals surface area contributed by atoms with E-state index in [-0.39, 0.29) is 17.2 Å². The first kappa shape index (κ1) is 18.8. The van der Waals surface area contributed by atoms with Crippen LogP contribution in [0.25, 0.3) is 0 Å². The van der Waals surface area contributed by atoms with Gasteiger partial charge in [-0.2, -0.15) is 0 Å². The van der Waals surface area contributed by atoms with Gasteiger partial charge in [0.1, 0.15) is 17.1 Å². The van der Waals surface area contributed by atoms with Crippen LogP contribution in [0.3, 0.4) is 0 Å². The number of rotatable bonds is 3. The molecule has 0 aromatic heterocycles. The summed E-state index contributed by atoms with van der Waals surface area (Å²) in [6.07, 6.45) is 1.61. The first-order chi connectivity index (χ1) is 12.4. The summed E-state index contributed by atoms with van der Waals surface area (Å²) in [4.78, 5) is 25.2. The molecule has 2 N–H and O–H groups in total. The third kappa shape index (κ3) is 3.10. The molecule has 0 spiro atoms. The molecule has 6 nitrogen and oxygen atoms in total. The van der Waals surface area contributed by atoms with Crippen molar-refractivity contribution < 1.29 is 23.8 Å². The lowest BCUT2D eigenvalue weighted by Gasteiger charge is -2.33. The fourth-order valence-electron chi connectivity index (χ4n) is 3.39. The highest BCUT2D eigenvalue weighted by Gasteiger charge is 2.42. The zero-order valence-corrected chi connectivity index (χ0v) is 16.6. The second-order valence-electron chi connectivity index (χ2n) is 5.93. The van der Waals surface area contributed by atoms with Gasteiger partial charge in [-0.25, -0.2) is 4.79 Å². The minimum atomic E-state index is -0.774. The van der Waals surface area contributed by atoms with Gasteiger partial charge in [0.25, 0.3) is 0 Å². The average molecular weight is 443 g/mol. The Bertz CT molecular complexity index is 861. The smallest absolute Gasteiger partial charge is 0.340 e. The molecule has 1 heterocycles. The van der Waals surface area contributed by atoms with Gasteiger partial charge in [0.2, 0.25) is 5.88 Å². The third-order valence-corrected chi connectivity index (χ3v) is 5.25. The number of carbonyl (C=O) groups excluding carboxylic acids is 2. The second kappa shape index (κ2) is 7.32. The highest BCUT2D eigenvalue weighted by Crippen LogP contribution is 2.48. The Balaban J connectivity index is 2.31. The monoisotopic (exact) mass is 441 g/mol. The summed E-state index contributed by atoms with van der Waals surface area (Å²) in [6, 6.07) is 3.33.